The lowest BCUT2D eigenvalue weighted by Crippen LogP contribution is -2.30. The lowest BCUT2D eigenvalue weighted by atomic mass is 10.2. The van der Waals surface area contributed by atoms with Gasteiger partial charge < -0.3 is 10.1 Å². The Hall–Kier alpha value is -3.52. The maximum absolute atomic E-state index is 12.0. The molecule has 0 aliphatic heterocycles. The number of rotatable bonds is 7. The maximum Gasteiger partial charge on any atom is 0.321 e. The van der Waals surface area contributed by atoms with Gasteiger partial charge in [0.05, 0.1) is 12.3 Å². The van der Waals surface area contributed by atoms with Crippen LogP contribution < -0.4 is 15.4 Å². The molecule has 0 unspecified atom stereocenters. The van der Waals surface area contributed by atoms with Crippen molar-refractivity contribution in [3.05, 3.63) is 66.4 Å². The fourth-order valence-electron chi connectivity index (χ4n) is 2.77. The molecule has 0 atom stereocenters. The van der Waals surface area contributed by atoms with Gasteiger partial charge in [-0.2, -0.15) is 0 Å². The van der Waals surface area contributed by atoms with Crippen molar-refractivity contribution in [2.24, 2.45) is 0 Å². The summed E-state index contributed by atoms with van der Waals surface area (Å²) in [5, 5.41) is 9.03. The zero-order valence-electron chi connectivity index (χ0n) is 15.5. The van der Waals surface area contributed by atoms with Gasteiger partial charge in [0.25, 0.3) is 0 Å². The number of aromatic nitrogens is 3. The zero-order valence-corrected chi connectivity index (χ0v) is 16.4. The Kier molecular flexibility index (Phi) is 5.92. The number of anilines is 1. The van der Waals surface area contributed by atoms with Crippen LogP contribution in [0.15, 0.2) is 66.4 Å². The molecule has 1 aromatic carbocycles. The average molecular weight is 405 g/mol. The normalized spacial score (nSPS) is 10.6. The molecular weight excluding hydrogens is 386 g/mol. The Morgan fingerprint density at radius 2 is 2.00 bits per heavy atom. The van der Waals surface area contributed by atoms with Crippen molar-refractivity contribution in [2.45, 2.75) is 6.42 Å². The Labute approximate surface area is 171 Å². The molecule has 4 rings (SSSR count). The topological polar surface area (TPSA) is 89.0 Å². The summed E-state index contributed by atoms with van der Waals surface area (Å²) in [4.78, 5) is 24.9. The first-order chi connectivity index (χ1) is 14.3. The first kappa shape index (κ1) is 18.8. The van der Waals surface area contributed by atoms with Crippen molar-refractivity contribution < 1.29 is 9.53 Å². The van der Waals surface area contributed by atoms with E-state index in [-0.39, 0.29) is 6.03 Å². The number of ether oxygens (including phenoxy) is 1. The van der Waals surface area contributed by atoms with Crippen molar-refractivity contribution in [2.75, 3.05) is 18.5 Å². The summed E-state index contributed by atoms with van der Waals surface area (Å²) in [5.41, 5.74) is 2.54. The monoisotopic (exact) mass is 405 g/mol. The quantitative estimate of drug-likeness (QED) is 0.446. The summed E-state index contributed by atoms with van der Waals surface area (Å²) in [6.07, 6.45) is 5.88. The summed E-state index contributed by atoms with van der Waals surface area (Å²) in [6.45, 7) is 0.975. The van der Waals surface area contributed by atoms with Crippen LogP contribution in [0.25, 0.3) is 22.2 Å². The molecule has 3 aromatic heterocycles. The van der Waals surface area contributed by atoms with Crippen LogP contribution in [0, 0.1) is 0 Å². The van der Waals surface area contributed by atoms with Gasteiger partial charge in [0.2, 0.25) is 0 Å². The van der Waals surface area contributed by atoms with Gasteiger partial charge in [-0.3, -0.25) is 15.3 Å². The van der Waals surface area contributed by atoms with Gasteiger partial charge in [0, 0.05) is 41.5 Å². The molecule has 0 saturated carbocycles. The number of fused-ring (bicyclic) bond motifs is 1. The summed E-state index contributed by atoms with van der Waals surface area (Å²) < 4.78 is 5.82. The number of hydrogen-bond donors (Lipinski definition) is 2. The van der Waals surface area contributed by atoms with E-state index in [4.69, 9.17) is 4.74 Å². The summed E-state index contributed by atoms with van der Waals surface area (Å²) in [6, 6.07) is 13.2. The molecule has 0 bridgehead atoms. The number of urea groups is 1. The number of nitrogens with one attached hydrogen (secondary N) is 2. The third-order valence-corrected chi connectivity index (χ3v) is 4.90. The molecule has 0 spiro atoms. The number of hydrogen-bond acceptors (Lipinski definition) is 6. The predicted molar refractivity (Wildman–Crippen MR) is 114 cm³/mol. The number of para-hydroxylation sites is 1. The molecule has 0 aliphatic carbocycles. The minimum absolute atomic E-state index is 0.288. The van der Waals surface area contributed by atoms with E-state index in [0.29, 0.717) is 24.7 Å². The van der Waals surface area contributed by atoms with Gasteiger partial charge in [0.15, 0.2) is 5.13 Å². The molecule has 4 aromatic rings. The van der Waals surface area contributed by atoms with Gasteiger partial charge >= 0.3 is 6.03 Å². The van der Waals surface area contributed by atoms with Crippen LogP contribution in [0.4, 0.5) is 9.93 Å². The number of benzene rings is 1. The lowest BCUT2D eigenvalue weighted by Gasteiger charge is -2.09. The smallest absolute Gasteiger partial charge is 0.321 e. The molecular formula is C21H19N5O2S. The van der Waals surface area contributed by atoms with Gasteiger partial charge in [-0.15, -0.1) is 11.3 Å². The van der Waals surface area contributed by atoms with E-state index in [1.165, 1.54) is 11.3 Å². The van der Waals surface area contributed by atoms with Gasteiger partial charge in [-0.25, -0.2) is 9.78 Å². The van der Waals surface area contributed by atoms with Crippen molar-refractivity contribution in [3.8, 4) is 17.0 Å². The number of carbonyl (C=O) groups is 1. The third kappa shape index (κ3) is 4.85. The Morgan fingerprint density at radius 1 is 1.10 bits per heavy atom. The fourth-order valence-corrected chi connectivity index (χ4v) is 3.48. The molecule has 2 N–H and O–H groups in total. The summed E-state index contributed by atoms with van der Waals surface area (Å²) in [5.74, 6) is 0.748. The first-order valence-corrected chi connectivity index (χ1v) is 10.0. The molecule has 0 radical (unpaired) electrons. The largest absolute Gasteiger partial charge is 0.491 e. The lowest BCUT2D eigenvalue weighted by molar-refractivity contribution is 0.250. The second-order valence-electron chi connectivity index (χ2n) is 6.19. The number of nitrogens with zero attached hydrogens (tertiary/aromatic N) is 3. The van der Waals surface area contributed by atoms with E-state index in [0.717, 1.165) is 27.9 Å². The first-order valence-electron chi connectivity index (χ1n) is 9.17. The highest BCUT2D eigenvalue weighted by Crippen LogP contribution is 2.24. The number of carbonyl (C=O) groups excluding carboxylic acids is 1. The van der Waals surface area contributed by atoms with E-state index in [1.54, 1.807) is 18.6 Å². The van der Waals surface area contributed by atoms with Crippen LogP contribution in [0.2, 0.25) is 0 Å². The Morgan fingerprint density at radius 3 is 2.90 bits per heavy atom. The van der Waals surface area contributed by atoms with Crippen LogP contribution in [-0.2, 0) is 0 Å². The van der Waals surface area contributed by atoms with Crippen LogP contribution in [0.1, 0.15) is 6.42 Å². The van der Waals surface area contributed by atoms with Crippen molar-refractivity contribution in [3.63, 3.8) is 0 Å². The van der Waals surface area contributed by atoms with Crippen molar-refractivity contribution >= 4 is 33.4 Å². The SMILES string of the molecule is O=C(NCCCOc1cccc2cccnc12)Nc1nc(-c2cccnc2)cs1. The molecule has 3 heterocycles. The number of amides is 2. The highest BCUT2D eigenvalue weighted by Gasteiger charge is 2.08. The average Bonchev–Trinajstić information content (AvgIpc) is 3.22. The highest BCUT2D eigenvalue weighted by molar-refractivity contribution is 7.14. The molecule has 146 valence electrons. The number of thiazole rings is 1. The molecule has 0 fully saturated rings. The molecule has 2 amide bonds. The third-order valence-electron chi connectivity index (χ3n) is 4.14. The van der Waals surface area contributed by atoms with Crippen LogP contribution in [0.5, 0.6) is 5.75 Å². The van der Waals surface area contributed by atoms with E-state index in [1.807, 2.05) is 47.8 Å². The zero-order chi connectivity index (χ0) is 19.9. The van der Waals surface area contributed by atoms with E-state index in [9.17, 15) is 4.79 Å². The summed E-state index contributed by atoms with van der Waals surface area (Å²) >= 11 is 1.37. The predicted octanol–water partition coefficient (Wildman–Crippen LogP) is 4.34. The standard InChI is InChI=1S/C21H19N5O2S/c27-20(26-21-25-17(14-29-21)16-7-2-9-22-13-16)24-11-4-12-28-18-8-1-5-15-6-3-10-23-19(15)18/h1-3,5-10,13-14H,4,11-12H2,(H2,24,25,26,27). The second kappa shape index (κ2) is 9.11. The van der Waals surface area contributed by atoms with Crippen LogP contribution in [0.3, 0.4) is 0 Å². The fraction of sp³-hybridized carbons (Fsp3) is 0.143. The Balaban J connectivity index is 1.21. The highest BCUT2D eigenvalue weighted by atomic mass is 32.1. The van der Waals surface area contributed by atoms with Crippen LogP contribution >= 0.6 is 11.3 Å². The van der Waals surface area contributed by atoms with Crippen molar-refractivity contribution in [1.29, 1.82) is 0 Å². The minimum atomic E-state index is -0.288. The van der Waals surface area contributed by atoms with Crippen LogP contribution in [-0.4, -0.2) is 34.1 Å². The summed E-state index contributed by atoms with van der Waals surface area (Å²) in [7, 11) is 0. The maximum atomic E-state index is 12.0. The van der Waals surface area contributed by atoms with Gasteiger partial charge in [-0.05, 0) is 30.7 Å². The van der Waals surface area contributed by atoms with Gasteiger partial charge in [0.1, 0.15) is 11.3 Å². The molecule has 29 heavy (non-hydrogen) atoms. The van der Waals surface area contributed by atoms with E-state index in [2.05, 4.69) is 25.6 Å². The van der Waals surface area contributed by atoms with Gasteiger partial charge in [-0.1, -0.05) is 18.2 Å². The molecule has 0 aliphatic rings. The van der Waals surface area contributed by atoms with Crippen molar-refractivity contribution in [1.82, 2.24) is 20.3 Å². The Bertz CT molecular complexity index is 1100. The molecule has 0 saturated heterocycles. The molecule has 7 nitrogen and oxygen atoms in total. The molecule has 8 heteroatoms. The number of pyridine rings is 2. The second-order valence-corrected chi connectivity index (χ2v) is 7.05. The van der Waals surface area contributed by atoms with E-state index >= 15 is 0 Å². The van der Waals surface area contributed by atoms with E-state index < -0.39 is 0 Å². The minimum Gasteiger partial charge on any atom is -0.491 e.